The minimum atomic E-state index is 0.307. The van der Waals surface area contributed by atoms with Crippen molar-refractivity contribution < 1.29 is 4.74 Å². The summed E-state index contributed by atoms with van der Waals surface area (Å²) in [5, 5.41) is 0. The zero-order chi connectivity index (χ0) is 11.9. The second kappa shape index (κ2) is 3.96. The van der Waals surface area contributed by atoms with Crippen molar-refractivity contribution in [3.8, 4) is 22.3 Å². The van der Waals surface area contributed by atoms with Crippen molar-refractivity contribution in [3.63, 3.8) is 0 Å². The Hall–Kier alpha value is -1.60. The van der Waals surface area contributed by atoms with Crippen LogP contribution >= 0.6 is 0 Å². The van der Waals surface area contributed by atoms with Gasteiger partial charge in [-0.15, -0.1) is 0 Å². The van der Waals surface area contributed by atoms with Crippen LogP contribution < -0.4 is 0 Å². The molecule has 0 N–H and O–H groups in total. The fourth-order valence-electron chi connectivity index (χ4n) is 3.22. The average molecular weight is 236 g/mol. The number of benzene rings is 2. The Labute approximate surface area is 107 Å². The highest BCUT2D eigenvalue weighted by Crippen LogP contribution is 2.51. The second-order valence-corrected chi connectivity index (χ2v) is 5.17. The number of fused-ring (bicyclic) bond motifs is 4. The summed E-state index contributed by atoms with van der Waals surface area (Å²) in [5.74, 6) is 0. The van der Waals surface area contributed by atoms with Crippen LogP contribution in [0.5, 0.6) is 0 Å². The normalized spacial score (nSPS) is 20.8. The molecule has 0 bridgehead atoms. The molecule has 1 aliphatic carbocycles. The lowest BCUT2D eigenvalue weighted by Crippen LogP contribution is -2.14. The predicted octanol–water partition coefficient (Wildman–Crippen LogP) is 4.58. The molecule has 0 radical (unpaired) electrons. The highest BCUT2D eigenvalue weighted by Gasteiger charge is 2.28. The van der Waals surface area contributed by atoms with Crippen molar-refractivity contribution in [1.29, 1.82) is 0 Å². The monoisotopic (exact) mass is 236 g/mol. The van der Waals surface area contributed by atoms with E-state index in [-0.39, 0.29) is 0 Å². The second-order valence-electron chi connectivity index (χ2n) is 5.17. The maximum absolute atomic E-state index is 5.95. The topological polar surface area (TPSA) is 9.23 Å². The molecule has 18 heavy (non-hydrogen) atoms. The van der Waals surface area contributed by atoms with E-state index in [0.717, 1.165) is 6.61 Å². The quantitative estimate of drug-likeness (QED) is 0.601. The van der Waals surface area contributed by atoms with Gasteiger partial charge in [-0.1, -0.05) is 42.5 Å². The van der Waals surface area contributed by atoms with E-state index in [2.05, 4.69) is 42.5 Å². The van der Waals surface area contributed by atoms with Crippen molar-refractivity contribution in [2.24, 2.45) is 0 Å². The zero-order valence-corrected chi connectivity index (χ0v) is 10.4. The van der Waals surface area contributed by atoms with Crippen LogP contribution in [0, 0.1) is 0 Å². The van der Waals surface area contributed by atoms with E-state index in [1.54, 1.807) is 0 Å². The maximum Gasteiger partial charge on any atom is 0.0831 e. The molecule has 1 saturated heterocycles. The van der Waals surface area contributed by atoms with Crippen molar-refractivity contribution in [2.45, 2.75) is 25.4 Å². The summed E-state index contributed by atoms with van der Waals surface area (Å²) in [6.07, 6.45) is 3.97. The molecule has 1 atom stereocenters. The first kappa shape index (κ1) is 10.3. The molecule has 90 valence electrons. The highest BCUT2D eigenvalue weighted by atomic mass is 16.5. The standard InChI is InChI=1S/C17H16O/c1-2-7-13-12(6-1)14-8-5-9-15(17(13)14)16-10-3-4-11-18-16/h1-2,5-9,16H,3-4,10-11H2. The van der Waals surface area contributed by atoms with Crippen LogP contribution in [0.15, 0.2) is 42.5 Å². The van der Waals surface area contributed by atoms with E-state index in [0.29, 0.717) is 6.10 Å². The summed E-state index contributed by atoms with van der Waals surface area (Å²) in [6.45, 7) is 0.913. The molecule has 0 aromatic heterocycles. The molecule has 1 heterocycles. The summed E-state index contributed by atoms with van der Waals surface area (Å²) < 4.78 is 5.95. The molecule has 2 aromatic rings. The first-order valence-corrected chi connectivity index (χ1v) is 6.79. The third kappa shape index (κ3) is 1.37. The number of ether oxygens (including phenoxy) is 1. The van der Waals surface area contributed by atoms with Gasteiger partial charge in [0.25, 0.3) is 0 Å². The molecule has 4 rings (SSSR count). The van der Waals surface area contributed by atoms with Gasteiger partial charge in [-0.05, 0) is 47.1 Å². The zero-order valence-electron chi connectivity index (χ0n) is 10.4. The van der Waals surface area contributed by atoms with Crippen molar-refractivity contribution in [1.82, 2.24) is 0 Å². The van der Waals surface area contributed by atoms with Crippen molar-refractivity contribution >= 4 is 0 Å². The number of hydrogen-bond acceptors (Lipinski definition) is 1. The molecule has 2 aromatic carbocycles. The van der Waals surface area contributed by atoms with E-state index in [4.69, 9.17) is 4.74 Å². The predicted molar refractivity (Wildman–Crippen MR) is 73.4 cm³/mol. The van der Waals surface area contributed by atoms with Gasteiger partial charge in [0.15, 0.2) is 0 Å². The van der Waals surface area contributed by atoms with Gasteiger partial charge in [0.05, 0.1) is 6.10 Å². The van der Waals surface area contributed by atoms with Gasteiger partial charge in [0, 0.05) is 6.61 Å². The first-order valence-electron chi connectivity index (χ1n) is 6.79. The smallest absolute Gasteiger partial charge is 0.0831 e. The van der Waals surface area contributed by atoms with E-state index in [9.17, 15) is 0 Å². The largest absolute Gasteiger partial charge is 0.374 e. The van der Waals surface area contributed by atoms with Crippen LogP contribution in [0.2, 0.25) is 0 Å². The van der Waals surface area contributed by atoms with E-state index in [1.807, 2.05) is 0 Å². The molecule has 0 saturated carbocycles. The van der Waals surface area contributed by atoms with Crippen LogP contribution in [0.3, 0.4) is 0 Å². The lowest BCUT2D eigenvalue weighted by molar-refractivity contribution is 0.0153. The van der Waals surface area contributed by atoms with Crippen LogP contribution in [-0.4, -0.2) is 6.61 Å². The molecule has 2 aliphatic rings. The Kier molecular flexibility index (Phi) is 2.27. The van der Waals surface area contributed by atoms with Gasteiger partial charge < -0.3 is 4.74 Å². The Balaban J connectivity index is 1.81. The fourth-order valence-corrected chi connectivity index (χ4v) is 3.22. The average Bonchev–Trinajstić information content (AvgIpc) is 2.45. The Morgan fingerprint density at radius 2 is 1.67 bits per heavy atom. The van der Waals surface area contributed by atoms with Crippen LogP contribution in [0.1, 0.15) is 30.9 Å². The molecule has 1 aliphatic heterocycles. The molecule has 1 unspecified atom stereocenters. The number of rotatable bonds is 1. The van der Waals surface area contributed by atoms with Gasteiger partial charge in [-0.25, -0.2) is 0 Å². The summed E-state index contributed by atoms with van der Waals surface area (Å²) in [7, 11) is 0. The number of hydrogen-bond donors (Lipinski definition) is 0. The Bertz CT molecular complexity index is 594. The van der Waals surface area contributed by atoms with Crippen LogP contribution in [-0.2, 0) is 4.74 Å². The molecular formula is C17H16O. The minimum absolute atomic E-state index is 0.307. The molecule has 1 heteroatoms. The molecule has 1 nitrogen and oxygen atoms in total. The third-order valence-electron chi connectivity index (χ3n) is 4.11. The van der Waals surface area contributed by atoms with Crippen LogP contribution in [0.4, 0.5) is 0 Å². The molecule has 0 spiro atoms. The molecular weight excluding hydrogens is 220 g/mol. The van der Waals surface area contributed by atoms with Crippen molar-refractivity contribution in [3.05, 3.63) is 48.0 Å². The van der Waals surface area contributed by atoms with Gasteiger partial charge in [0.1, 0.15) is 0 Å². The Morgan fingerprint density at radius 1 is 0.833 bits per heavy atom. The van der Waals surface area contributed by atoms with E-state index in [1.165, 1.54) is 47.1 Å². The summed E-state index contributed by atoms with van der Waals surface area (Å²) >= 11 is 0. The molecule has 0 amide bonds. The molecule has 1 fully saturated rings. The van der Waals surface area contributed by atoms with E-state index < -0.39 is 0 Å². The maximum atomic E-state index is 5.95. The lowest BCUT2D eigenvalue weighted by atomic mass is 9.76. The first-order chi connectivity index (χ1) is 8.95. The SMILES string of the molecule is c1ccc2c(c1)-c1cccc(C3CCCCO3)c1-2. The summed E-state index contributed by atoms with van der Waals surface area (Å²) in [5.41, 5.74) is 7.02. The Morgan fingerprint density at radius 3 is 2.50 bits per heavy atom. The van der Waals surface area contributed by atoms with Gasteiger partial charge in [0.2, 0.25) is 0 Å². The highest BCUT2D eigenvalue weighted by molar-refractivity contribution is 6.03. The van der Waals surface area contributed by atoms with E-state index >= 15 is 0 Å². The van der Waals surface area contributed by atoms with Gasteiger partial charge in [-0.3, -0.25) is 0 Å². The fraction of sp³-hybridized carbons (Fsp3) is 0.294. The van der Waals surface area contributed by atoms with Gasteiger partial charge >= 0.3 is 0 Å². The third-order valence-corrected chi connectivity index (χ3v) is 4.11. The van der Waals surface area contributed by atoms with Crippen molar-refractivity contribution in [2.75, 3.05) is 6.61 Å². The summed E-state index contributed by atoms with van der Waals surface area (Å²) in [4.78, 5) is 0. The van der Waals surface area contributed by atoms with Gasteiger partial charge in [-0.2, -0.15) is 0 Å². The lowest BCUT2D eigenvalue weighted by Gasteiger charge is -2.31. The minimum Gasteiger partial charge on any atom is -0.374 e. The summed E-state index contributed by atoms with van der Waals surface area (Å²) in [6, 6.07) is 15.3. The van der Waals surface area contributed by atoms with Crippen LogP contribution in [0.25, 0.3) is 22.3 Å².